The highest BCUT2D eigenvalue weighted by Crippen LogP contribution is 2.31. The quantitative estimate of drug-likeness (QED) is 0.256. The van der Waals surface area contributed by atoms with Gasteiger partial charge in [-0.25, -0.2) is 4.98 Å². The Morgan fingerprint density at radius 1 is 1.00 bits per heavy atom. The van der Waals surface area contributed by atoms with E-state index in [1.807, 2.05) is 0 Å². The molecule has 36 heavy (non-hydrogen) atoms. The second kappa shape index (κ2) is 11.2. The van der Waals surface area contributed by atoms with Crippen molar-refractivity contribution in [3.63, 3.8) is 0 Å². The van der Waals surface area contributed by atoms with E-state index in [1.165, 1.54) is 18.6 Å². The molecule has 0 bridgehead atoms. The van der Waals surface area contributed by atoms with Gasteiger partial charge in [-0.3, -0.25) is 9.69 Å². The molecule has 0 atom stereocenters. The van der Waals surface area contributed by atoms with Gasteiger partial charge < -0.3 is 14.2 Å². The van der Waals surface area contributed by atoms with E-state index in [0.29, 0.717) is 26.9 Å². The summed E-state index contributed by atoms with van der Waals surface area (Å²) in [6, 6.07) is 13.7. The number of nitrogens with one attached hydrogen (secondary N) is 1. The van der Waals surface area contributed by atoms with Crippen LogP contribution in [0.2, 0.25) is 10.0 Å². The van der Waals surface area contributed by atoms with Gasteiger partial charge in [0.15, 0.2) is 5.69 Å². The molecule has 0 radical (unpaired) electrons. The van der Waals surface area contributed by atoms with Crippen LogP contribution in [0, 0.1) is 0 Å². The summed E-state index contributed by atoms with van der Waals surface area (Å²) in [7, 11) is 0. The van der Waals surface area contributed by atoms with Crippen LogP contribution in [-0.4, -0.2) is 15.8 Å². The van der Waals surface area contributed by atoms with E-state index in [2.05, 4.69) is 10.3 Å². The van der Waals surface area contributed by atoms with Crippen molar-refractivity contribution in [2.24, 2.45) is 0 Å². The summed E-state index contributed by atoms with van der Waals surface area (Å²) < 4.78 is 50.3. The van der Waals surface area contributed by atoms with Crippen LogP contribution in [-0.2, 0) is 32.4 Å². The van der Waals surface area contributed by atoms with Crippen molar-refractivity contribution in [3.8, 4) is 0 Å². The third kappa shape index (κ3) is 6.69. The fraction of sp³-hybridized carbons (Fsp3) is 0.200. The van der Waals surface area contributed by atoms with Gasteiger partial charge in [0.05, 0.1) is 35.0 Å². The number of alkyl halides is 3. The Hall–Kier alpha value is -3.27. The lowest BCUT2D eigenvalue weighted by molar-refractivity contribution is -0.137. The second-order valence-corrected chi connectivity index (χ2v) is 8.73. The average Bonchev–Trinajstić information content (AvgIpc) is 3.52. The predicted molar refractivity (Wildman–Crippen MR) is 127 cm³/mol. The van der Waals surface area contributed by atoms with Crippen LogP contribution in [0.4, 0.5) is 13.2 Å². The molecule has 2 heterocycles. The third-order valence-corrected chi connectivity index (χ3v) is 6.09. The first-order chi connectivity index (χ1) is 17.2. The van der Waals surface area contributed by atoms with Crippen molar-refractivity contribution in [3.05, 3.63) is 111 Å². The van der Waals surface area contributed by atoms with Gasteiger partial charge in [0.1, 0.15) is 12.0 Å². The lowest BCUT2D eigenvalue weighted by atomic mass is 10.1. The number of benzene rings is 2. The van der Waals surface area contributed by atoms with Crippen molar-refractivity contribution in [1.29, 1.82) is 0 Å². The SMILES string of the molecule is O=C(NCc1ccco1)c1coc(CN(Cc2cccc(C(F)(F)F)c2)Cc2cccc(Cl)c2Cl)n1. The minimum Gasteiger partial charge on any atom is -0.467 e. The molecule has 4 aromatic rings. The van der Waals surface area contributed by atoms with E-state index in [0.717, 1.165) is 12.1 Å². The van der Waals surface area contributed by atoms with Crippen LogP contribution in [0.25, 0.3) is 0 Å². The number of carbonyl (C=O) groups is 1. The Morgan fingerprint density at radius 2 is 1.81 bits per heavy atom. The highest BCUT2D eigenvalue weighted by atomic mass is 35.5. The van der Waals surface area contributed by atoms with Crippen LogP contribution in [0.3, 0.4) is 0 Å². The number of carbonyl (C=O) groups excluding carboxylic acids is 1. The molecular weight excluding hydrogens is 518 g/mol. The van der Waals surface area contributed by atoms with E-state index < -0.39 is 17.6 Å². The molecule has 0 saturated heterocycles. The third-order valence-electron chi connectivity index (χ3n) is 5.23. The van der Waals surface area contributed by atoms with E-state index >= 15 is 0 Å². The number of hydrogen-bond donors (Lipinski definition) is 1. The molecule has 188 valence electrons. The molecule has 1 N–H and O–H groups in total. The fourth-order valence-electron chi connectivity index (χ4n) is 3.53. The first kappa shape index (κ1) is 25.8. The molecule has 6 nitrogen and oxygen atoms in total. The molecular formula is C25H20Cl2F3N3O3. The van der Waals surface area contributed by atoms with Crippen LogP contribution >= 0.6 is 23.2 Å². The maximum atomic E-state index is 13.2. The summed E-state index contributed by atoms with van der Waals surface area (Å²) in [5.41, 5.74) is 0.439. The van der Waals surface area contributed by atoms with Gasteiger partial charge in [0.25, 0.3) is 5.91 Å². The highest BCUT2D eigenvalue weighted by Gasteiger charge is 2.30. The van der Waals surface area contributed by atoms with E-state index in [1.54, 1.807) is 41.3 Å². The second-order valence-electron chi connectivity index (χ2n) is 7.94. The van der Waals surface area contributed by atoms with Gasteiger partial charge in [-0.05, 0) is 35.4 Å². The monoisotopic (exact) mass is 537 g/mol. The van der Waals surface area contributed by atoms with Crippen LogP contribution < -0.4 is 5.32 Å². The first-order valence-corrected chi connectivity index (χ1v) is 11.5. The minimum atomic E-state index is -4.46. The number of halogens is 5. The Kier molecular flexibility index (Phi) is 8.03. The lowest BCUT2D eigenvalue weighted by Gasteiger charge is -2.22. The standard InChI is InChI=1S/C25H20Cl2F3N3O3/c26-20-8-2-5-17(23(20)27)13-33(12-16-4-1-6-18(10-16)25(28,29)30)14-22-32-21(15-36-22)24(34)31-11-19-7-3-9-35-19/h1-10,15H,11-14H2,(H,31,34). The van der Waals surface area contributed by atoms with E-state index in [9.17, 15) is 18.0 Å². The maximum Gasteiger partial charge on any atom is 0.416 e. The molecule has 4 rings (SSSR count). The van der Waals surface area contributed by atoms with Crippen LogP contribution in [0.15, 0.2) is 76.0 Å². The van der Waals surface area contributed by atoms with Gasteiger partial charge in [-0.15, -0.1) is 0 Å². The number of rotatable bonds is 9. The van der Waals surface area contributed by atoms with Crippen molar-refractivity contribution < 1.29 is 26.8 Å². The van der Waals surface area contributed by atoms with Crippen molar-refractivity contribution in [2.45, 2.75) is 32.4 Å². The molecule has 1 amide bonds. The number of hydrogen-bond acceptors (Lipinski definition) is 5. The number of nitrogens with zero attached hydrogens (tertiary/aromatic N) is 2. The molecule has 0 aliphatic heterocycles. The molecule has 0 saturated carbocycles. The molecule has 0 aliphatic rings. The van der Waals surface area contributed by atoms with Gasteiger partial charge in [-0.1, -0.05) is 53.5 Å². The van der Waals surface area contributed by atoms with Crippen molar-refractivity contribution in [1.82, 2.24) is 15.2 Å². The number of aromatic nitrogens is 1. The highest BCUT2D eigenvalue weighted by molar-refractivity contribution is 6.42. The number of furan rings is 1. The molecule has 0 fully saturated rings. The first-order valence-electron chi connectivity index (χ1n) is 10.8. The summed E-state index contributed by atoms with van der Waals surface area (Å²) in [5, 5.41) is 3.38. The Morgan fingerprint density at radius 3 is 2.56 bits per heavy atom. The zero-order valence-corrected chi connectivity index (χ0v) is 20.2. The Bertz CT molecular complexity index is 1320. The zero-order valence-electron chi connectivity index (χ0n) is 18.7. The number of amides is 1. The largest absolute Gasteiger partial charge is 0.467 e. The van der Waals surface area contributed by atoms with Gasteiger partial charge in [0.2, 0.25) is 5.89 Å². The molecule has 0 aliphatic carbocycles. The average molecular weight is 538 g/mol. The van der Waals surface area contributed by atoms with E-state index in [4.69, 9.17) is 32.0 Å². The van der Waals surface area contributed by atoms with Crippen LogP contribution in [0.1, 0.15) is 38.8 Å². The summed E-state index contributed by atoms with van der Waals surface area (Å²) in [6.45, 7) is 0.667. The summed E-state index contributed by atoms with van der Waals surface area (Å²) >= 11 is 12.5. The molecule has 2 aromatic heterocycles. The lowest BCUT2D eigenvalue weighted by Crippen LogP contribution is -2.24. The van der Waals surface area contributed by atoms with Crippen molar-refractivity contribution in [2.75, 3.05) is 0 Å². The maximum absolute atomic E-state index is 13.2. The Balaban J connectivity index is 1.52. The topological polar surface area (TPSA) is 71.5 Å². The molecule has 2 aromatic carbocycles. The normalized spacial score (nSPS) is 11.7. The molecule has 0 spiro atoms. The van der Waals surface area contributed by atoms with Crippen LogP contribution in [0.5, 0.6) is 0 Å². The van der Waals surface area contributed by atoms with Gasteiger partial charge in [0, 0.05) is 13.1 Å². The predicted octanol–water partition coefficient (Wildman–Crippen LogP) is 6.73. The summed E-state index contributed by atoms with van der Waals surface area (Å²) in [6.07, 6.45) is -1.74. The van der Waals surface area contributed by atoms with Crippen molar-refractivity contribution >= 4 is 29.1 Å². The summed E-state index contributed by atoms with van der Waals surface area (Å²) in [4.78, 5) is 18.4. The van der Waals surface area contributed by atoms with Gasteiger partial charge in [-0.2, -0.15) is 13.2 Å². The minimum absolute atomic E-state index is 0.0661. The van der Waals surface area contributed by atoms with E-state index in [-0.39, 0.29) is 37.8 Å². The molecule has 11 heteroatoms. The zero-order chi connectivity index (χ0) is 25.7. The number of oxazole rings is 1. The Labute approximate surface area is 214 Å². The molecule has 0 unspecified atom stereocenters. The fourth-order valence-corrected chi connectivity index (χ4v) is 3.91. The summed E-state index contributed by atoms with van der Waals surface area (Å²) in [5.74, 6) is 0.338. The van der Waals surface area contributed by atoms with Gasteiger partial charge >= 0.3 is 6.18 Å². The smallest absolute Gasteiger partial charge is 0.416 e.